The van der Waals surface area contributed by atoms with Crippen molar-refractivity contribution in [1.82, 2.24) is 24.9 Å². The predicted molar refractivity (Wildman–Crippen MR) is 123 cm³/mol. The molecule has 0 saturated carbocycles. The van der Waals surface area contributed by atoms with Gasteiger partial charge in [-0.2, -0.15) is 18.7 Å². The van der Waals surface area contributed by atoms with E-state index in [0.717, 1.165) is 0 Å². The number of anilines is 3. The zero-order chi connectivity index (χ0) is 26.6. The Morgan fingerprint density at radius 3 is 1.55 bits per heavy atom. The highest BCUT2D eigenvalue weighted by Crippen LogP contribution is 2.35. The van der Waals surface area contributed by atoms with Crippen LogP contribution in [0.2, 0.25) is 0 Å². The highest BCUT2D eigenvalue weighted by molar-refractivity contribution is 5.67. The Bertz CT molecular complexity index is 1510. The van der Waals surface area contributed by atoms with Crippen LogP contribution in [0.25, 0.3) is 0 Å². The van der Waals surface area contributed by atoms with Gasteiger partial charge in [-0.1, -0.05) is 30.3 Å². The Morgan fingerprint density at radius 2 is 1.03 bits per heavy atom. The zero-order valence-electron chi connectivity index (χ0n) is 18.9. The van der Waals surface area contributed by atoms with Crippen LogP contribution in [0.15, 0.2) is 79.1 Å². The van der Waals surface area contributed by atoms with Crippen molar-refractivity contribution in [3.8, 4) is 23.5 Å². The minimum Gasteiger partial charge on any atom is -0.424 e. The van der Waals surface area contributed by atoms with Gasteiger partial charge in [-0.25, -0.2) is 28.0 Å². The molecule has 0 aliphatic heterocycles. The van der Waals surface area contributed by atoms with Gasteiger partial charge in [0, 0.05) is 12.4 Å². The molecule has 0 atom stereocenters. The normalized spacial score (nSPS) is 10.8. The summed E-state index contributed by atoms with van der Waals surface area (Å²) in [5, 5.41) is 0. The van der Waals surface area contributed by atoms with Crippen LogP contribution in [0.3, 0.4) is 0 Å². The first-order valence-electron chi connectivity index (χ1n) is 10.7. The fourth-order valence-corrected chi connectivity index (χ4v) is 3.17. The third kappa shape index (κ3) is 4.89. The highest BCUT2D eigenvalue weighted by Gasteiger charge is 2.29. The third-order valence-electron chi connectivity index (χ3n) is 4.85. The SMILES string of the molecule is Fc1c(F)c(F)c(Oc2nc(Oc3ccccc3)nc(N(c3ccccn3)c3ccccn3)n2)c(F)c1F. The quantitative estimate of drug-likeness (QED) is 0.137. The standard InChI is InChI=1S/C25H13F5N6O2/c26-17-18(27)20(29)22(21(30)19(17)28)38-25-34-23(33-24(35-25)37-14-8-2-1-3-9-14)36(15-10-4-6-12-31-15)16-11-5-7-13-32-16/h1-13H. The summed E-state index contributed by atoms with van der Waals surface area (Å²) in [7, 11) is 0. The van der Waals surface area contributed by atoms with Gasteiger partial charge in [-0.3, -0.25) is 0 Å². The first kappa shape index (κ1) is 24.5. The van der Waals surface area contributed by atoms with Crippen LogP contribution in [0, 0.1) is 29.1 Å². The summed E-state index contributed by atoms with van der Waals surface area (Å²) in [6.45, 7) is 0. The van der Waals surface area contributed by atoms with Crippen molar-refractivity contribution in [3.63, 3.8) is 0 Å². The Morgan fingerprint density at radius 1 is 0.526 bits per heavy atom. The van der Waals surface area contributed by atoms with E-state index < -0.39 is 46.9 Å². The van der Waals surface area contributed by atoms with Crippen LogP contribution in [0.5, 0.6) is 23.5 Å². The summed E-state index contributed by atoms with van der Waals surface area (Å²) in [5.74, 6) is -12.2. The summed E-state index contributed by atoms with van der Waals surface area (Å²) >= 11 is 0. The van der Waals surface area contributed by atoms with Gasteiger partial charge in [0.2, 0.25) is 40.8 Å². The molecule has 0 unspecified atom stereocenters. The Hall–Kier alpha value is -5.20. The summed E-state index contributed by atoms with van der Waals surface area (Å²) in [4.78, 5) is 22.0. The van der Waals surface area contributed by atoms with Gasteiger partial charge in [-0.05, 0) is 36.4 Å². The fraction of sp³-hybridized carbons (Fsp3) is 0. The summed E-state index contributed by atoms with van der Waals surface area (Å²) < 4.78 is 80.4. The van der Waals surface area contributed by atoms with Gasteiger partial charge in [0.25, 0.3) is 0 Å². The number of benzene rings is 2. The molecule has 3 heterocycles. The van der Waals surface area contributed by atoms with E-state index in [0.29, 0.717) is 0 Å². The summed E-state index contributed by atoms with van der Waals surface area (Å²) in [6.07, 6.45) is 2.97. The van der Waals surface area contributed by atoms with Crippen LogP contribution in [-0.2, 0) is 0 Å². The van der Waals surface area contributed by atoms with Crippen molar-refractivity contribution in [1.29, 1.82) is 0 Å². The van der Waals surface area contributed by atoms with Crippen molar-refractivity contribution in [2.24, 2.45) is 0 Å². The molecule has 0 aliphatic rings. The summed E-state index contributed by atoms with van der Waals surface area (Å²) in [6, 6.07) is 16.8. The van der Waals surface area contributed by atoms with Gasteiger partial charge in [0.05, 0.1) is 0 Å². The molecule has 2 aromatic carbocycles. The fourth-order valence-electron chi connectivity index (χ4n) is 3.17. The molecule has 0 N–H and O–H groups in total. The van der Waals surface area contributed by atoms with Gasteiger partial charge in [0.1, 0.15) is 17.4 Å². The van der Waals surface area contributed by atoms with Crippen LogP contribution in [-0.4, -0.2) is 24.9 Å². The lowest BCUT2D eigenvalue weighted by atomic mass is 10.2. The third-order valence-corrected chi connectivity index (χ3v) is 4.85. The molecule has 3 aromatic heterocycles. The Balaban J connectivity index is 1.67. The molecule has 0 aliphatic carbocycles. The molecular weight excluding hydrogens is 511 g/mol. The largest absolute Gasteiger partial charge is 0.424 e. The number of aromatic nitrogens is 5. The molecule has 5 rings (SSSR count). The van der Waals surface area contributed by atoms with Crippen LogP contribution >= 0.6 is 0 Å². The molecule has 0 spiro atoms. The van der Waals surface area contributed by atoms with Crippen molar-refractivity contribution in [2.75, 3.05) is 4.90 Å². The Kier molecular flexibility index (Phi) is 6.72. The molecule has 0 saturated heterocycles. The first-order valence-corrected chi connectivity index (χ1v) is 10.7. The van der Waals surface area contributed by atoms with Crippen LogP contribution in [0.1, 0.15) is 0 Å². The Labute approximate surface area is 211 Å². The number of ether oxygens (including phenoxy) is 2. The average molecular weight is 524 g/mol. The molecule has 13 heteroatoms. The van der Waals surface area contributed by atoms with E-state index in [4.69, 9.17) is 9.47 Å². The van der Waals surface area contributed by atoms with Crippen LogP contribution in [0.4, 0.5) is 39.5 Å². The average Bonchev–Trinajstić information content (AvgIpc) is 2.95. The molecule has 0 bridgehead atoms. The number of hydrogen-bond acceptors (Lipinski definition) is 8. The van der Waals surface area contributed by atoms with E-state index >= 15 is 0 Å². The maximum absolute atomic E-state index is 14.3. The van der Waals surface area contributed by atoms with Crippen molar-refractivity contribution in [2.45, 2.75) is 0 Å². The number of hydrogen-bond donors (Lipinski definition) is 0. The highest BCUT2D eigenvalue weighted by atomic mass is 19.2. The second-order valence-corrected chi connectivity index (χ2v) is 7.33. The van der Waals surface area contributed by atoms with E-state index in [1.54, 1.807) is 66.7 Å². The van der Waals surface area contributed by atoms with Crippen molar-refractivity contribution < 1.29 is 31.4 Å². The number of para-hydroxylation sites is 1. The zero-order valence-corrected chi connectivity index (χ0v) is 18.9. The lowest BCUT2D eigenvalue weighted by Gasteiger charge is -2.21. The van der Waals surface area contributed by atoms with E-state index in [-0.39, 0.29) is 23.3 Å². The van der Waals surface area contributed by atoms with E-state index in [2.05, 4.69) is 24.9 Å². The van der Waals surface area contributed by atoms with Gasteiger partial charge < -0.3 is 9.47 Å². The lowest BCUT2D eigenvalue weighted by molar-refractivity contribution is 0.318. The molecule has 0 fully saturated rings. The van der Waals surface area contributed by atoms with Gasteiger partial charge in [0.15, 0.2) is 0 Å². The smallest absolute Gasteiger partial charge is 0.330 e. The second-order valence-electron chi connectivity index (χ2n) is 7.33. The minimum absolute atomic E-state index is 0.248. The molecule has 5 aromatic rings. The molecule has 190 valence electrons. The molecular formula is C25H13F5N6O2. The summed E-state index contributed by atoms with van der Waals surface area (Å²) in [5.41, 5.74) is 0. The maximum atomic E-state index is 14.3. The van der Waals surface area contributed by atoms with E-state index in [1.165, 1.54) is 17.3 Å². The molecule has 0 radical (unpaired) electrons. The van der Waals surface area contributed by atoms with Gasteiger partial charge >= 0.3 is 12.0 Å². The predicted octanol–water partition coefficient (Wildman–Crippen LogP) is 6.41. The second kappa shape index (κ2) is 10.4. The molecule has 0 amide bonds. The molecule has 8 nitrogen and oxygen atoms in total. The maximum Gasteiger partial charge on any atom is 0.330 e. The molecule has 38 heavy (non-hydrogen) atoms. The number of pyridine rings is 2. The number of rotatable bonds is 7. The monoisotopic (exact) mass is 524 g/mol. The van der Waals surface area contributed by atoms with Crippen LogP contribution < -0.4 is 14.4 Å². The van der Waals surface area contributed by atoms with Crippen molar-refractivity contribution in [3.05, 3.63) is 108 Å². The minimum atomic E-state index is -2.34. The topological polar surface area (TPSA) is 86.2 Å². The van der Waals surface area contributed by atoms with E-state index in [9.17, 15) is 22.0 Å². The number of halogens is 5. The van der Waals surface area contributed by atoms with E-state index in [1.807, 2.05) is 0 Å². The van der Waals surface area contributed by atoms with Gasteiger partial charge in [-0.15, -0.1) is 4.98 Å². The van der Waals surface area contributed by atoms with Crippen molar-refractivity contribution >= 4 is 17.6 Å². The number of nitrogens with zero attached hydrogens (tertiary/aromatic N) is 6. The first-order chi connectivity index (χ1) is 18.4. The lowest BCUT2D eigenvalue weighted by Crippen LogP contribution is -2.17.